The number of rotatable bonds is 21. The van der Waals surface area contributed by atoms with Gasteiger partial charge in [0.2, 0.25) is 0 Å². The standard InChI is InChI=1S/C28H26F2N2O3.C20H20F2N2O.C16H15F2I.C12H12N2O3/c29-22-12-8-20(9-13-22)24(21-10-14-23(30)15-11-21)7-4-16-31-25-17-26(25)32(27(31)33)28(34)35-18-19-5-2-1-3-6-19;21-15-7-3-13(4-8-15)17(14-5-9-16(22)10-6-14)2-1-11-24-19-12-18(19)23-20(24)25;17-14-7-3-12(4-8-14)16(2-1-11-19)13-5-9-15(18)10-6-13;15-11-13-9-6-10(9)14(11)12(16)17-7-8-4-2-1-3-5-8/h1-3,5-6,8-15,24-26H,4,7,16-18H2;3-10,17-19H,1-2,11-12H2,(H,23,25);3-10,16H,1-2,11H2;1-5,9-10H,6-7H2,(H,13,15)/t25-,26+;18-,19+;;9-,10+/m01.1/s1. The van der Waals surface area contributed by atoms with Crippen LogP contribution in [0.5, 0.6) is 0 Å². The number of nitrogens with zero attached hydrogens (tertiary/aromatic N) is 4. The van der Waals surface area contributed by atoms with E-state index in [0.717, 1.165) is 93.9 Å². The Labute approximate surface area is 567 Å². The summed E-state index contributed by atoms with van der Waals surface area (Å²) < 4.78 is 91.0. The summed E-state index contributed by atoms with van der Waals surface area (Å²) in [5.74, 6) is -1.41. The van der Waals surface area contributed by atoms with Crippen molar-refractivity contribution in [3.63, 3.8) is 0 Å². The Morgan fingerprint density at radius 3 is 1.07 bits per heavy atom. The summed E-state index contributed by atoms with van der Waals surface area (Å²) in [6.07, 6.45) is 6.58. The number of ether oxygens (including phenoxy) is 2. The zero-order valence-corrected chi connectivity index (χ0v) is 54.7. The van der Waals surface area contributed by atoms with Gasteiger partial charge < -0.3 is 29.9 Å². The number of amides is 8. The smallest absolute Gasteiger partial charge is 0.418 e. The van der Waals surface area contributed by atoms with Gasteiger partial charge in [0.15, 0.2) is 0 Å². The number of benzene rings is 8. The Morgan fingerprint density at radius 2 is 0.729 bits per heavy atom. The van der Waals surface area contributed by atoms with E-state index in [4.69, 9.17) is 9.47 Å². The van der Waals surface area contributed by atoms with E-state index < -0.39 is 12.2 Å². The Morgan fingerprint density at radius 1 is 0.396 bits per heavy atom. The Hall–Kier alpha value is -9.18. The van der Waals surface area contributed by atoms with Gasteiger partial charge >= 0.3 is 30.3 Å². The molecule has 13 nitrogen and oxygen atoms in total. The number of hydrogen-bond donors (Lipinski definition) is 2. The van der Waals surface area contributed by atoms with Crippen molar-refractivity contribution in [3.8, 4) is 0 Å². The lowest BCUT2D eigenvalue weighted by molar-refractivity contribution is 0.102. The van der Waals surface area contributed by atoms with Crippen LogP contribution < -0.4 is 10.6 Å². The summed E-state index contributed by atoms with van der Waals surface area (Å²) in [6, 6.07) is 57.7. The van der Waals surface area contributed by atoms with Crippen LogP contribution in [0, 0.1) is 34.9 Å². The Balaban J connectivity index is 0.000000135. The van der Waals surface area contributed by atoms with E-state index in [-0.39, 0.29) is 108 Å². The second-order valence-electron chi connectivity index (χ2n) is 24.7. The number of imide groups is 2. The number of fused-ring (bicyclic) bond motifs is 3. The average Bonchev–Trinajstić information content (AvgIpc) is 1.59. The lowest BCUT2D eigenvalue weighted by Crippen LogP contribution is -2.41. The summed E-state index contributed by atoms with van der Waals surface area (Å²) in [7, 11) is 0. The fraction of sp³-hybridized carbons (Fsp3) is 0.303. The van der Waals surface area contributed by atoms with E-state index >= 15 is 0 Å². The first kappa shape index (κ1) is 68.2. The maximum atomic E-state index is 13.5. The predicted molar refractivity (Wildman–Crippen MR) is 360 cm³/mol. The highest BCUT2D eigenvalue weighted by molar-refractivity contribution is 14.1. The summed E-state index contributed by atoms with van der Waals surface area (Å²) in [5, 5.41) is 5.66. The van der Waals surface area contributed by atoms with Crippen molar-refractivity contribution in [2.45, 2.75) is 125 Å². The first-order valence-corrected chi connectivity index (χ1v) is 33.9. The second kappa shape index (κ2) is 32.0. The first-order chi connectivity index (χ1) is 46.6. The molecule has 8 aromatic carbocycles. The number of alkyl halides is 1. The summed E-state index contributed by atoms with van der Waals surface area (Å²) in [6.45, 7) is 1.53. The molecule has 20 heteroatoms. The van der Waals surface area contributed by atoms with E-state index in [1.807, 2.05) is 89.8 Å². The molecule has 6 aliphatic rings. The van der Waals surface area contributed by atoms with Gasteiger partial charge in [0.1, 0.15) is 48.1 Å². The number of hydrogen-bond acceptors (Lipinski definition) is 7. The molecule has 8 aromatic rings. The highest BCUT2D eigenvalue weighted by atomic mass is 127. The maximum Gasteiger partial charge on any atom is 0.418 e. The van der Waals surface area contributed by atoms with Crippen molar-refractivity contribution in [1.82, 2.24) is 30.2 Å². The SMILES string of the molecule is Fc1ccc(C(CCCI)c2ccc(F)cc2)cc1.O=C(OCc1ccccc1)N1C(=O)N(CCCC(c2ccc(F)cc2)c2ccc(F)cc2)[C@H]2C[C@H]21.O=C1N[C@@H]2C[C@@H]2N1C(=O)OCc1ccccc1.O=C1N[C@@H]2C[C@@H]2N1CCCC(c1ccc(F)cc1)c1ccc(F)cc1. The predicted octanol–water partition coefficient (Wildman–Crippen LogP) is 16.9. The molecule has 6 fully saturated rings. The fourth-order valence-corrected chi connectivity index (χ4v) is 13.2. The Bertz CT molecular complexity index is 3770. The van der Waals surface area contributed by atoms with Gasteiger partial charge in [-0.1, -0.05) is 156 Å². The van der Waals surface area contributed by atoms with E-state index in [2.05, 4.69) is 33.2 Å². The molecule has 0 unspecified atom stereocenters. The molecule has 3 heterocycles. The molecular weight excluding hydrogens is 1350 g/mol. The van der Waals surface area contributed by atoms with Crippen molar-refractivity contribution in [3.05, 3.63) is 286 Å². The van der Waals surface area contributed by atoms with Gasteiger partial charge in [-0.25, -0.2) is 60.1 Å². The highest BCUT2D eigenvalue weighted by Gasteiger charge is 2.60. The normalized spacial score (nSPS) is 19.0. The van der Waals surface area contributed by atoms with Crippen LogP contribution in [0.3, 0.4) is 0 Å². The summed E-state index contributed by atoms with van der Waals surface area (Å²) >= 11 is 2.35. The molecule has 3 aliphatic carbocycles. The molecule has 14 rings (SSSR count). The first-order valence-electron chi connectivity index (χ1n) is 32.4. The average molecular weight is 1420 g/mol. The molecule has 0 radical (unpaired) electrons. The minimum atomic E-state index is -0.607. The largest absolute Gasteiger partial charge is 0.444 e. The monoisotopic (exact) mass is 1420 g/mol. The van der Waals surface area contributed by atoms with Crippen LogP contribution >= 0.6 is 22.6 Å². The van der Waals surface area contributed by atoms with Crippen LogP contribution in [0.1, 0.15) is 120 Å². The lowest BCUT2D eigenvalue weighted by atomic mass is 9.87. The fourth-order valence-electron chi connectivity index (χ4n) is 12.8. The molecular formula is C76H73F6IN6O7. The molecule has 2 N–H and O–H groups in total. The van der Waals surface area contributed by atoms with Gasteiger partial charge in [0.25, 0.3) is 0 Å². The summed E-state index contributed by atoms with van der Waals surface area (Å²) in [4.78, 5) is 66.6. The molecule has 6 atom stereocenters. The molecule has 8 amide bonds. The lowest BCUT2D eigenvalue weighted by Gasteiger charge is -2.23. The van der Waals surface area contributed by atoms with Crippen LogP contribution in [0.2, 0.25) is 0 Å². The molecule has 0 spiro atoms. The third-order valence-electron chi connectivity index (χ3n) is 18.1. The van der Waals surface area contributed by atoms with Gasteiger partial charge in [-0.05, 0) is 180 Å². The van der Waals surface area contributed by atoms with Crippen LogP contribution in [0.15, 0.2) is 206 Å². The van der Waals surface area contributed by atoms with Crippen LogP contribution in [0.25, 0.3) is 0 Å². The van der Waals surface area contributed by atoms with Crippen molar-refractivity contribution < 1.29 is 59.8 Å². The van der Waals surface area contributed by atoms with Crippen molar-refractivity contribution in [2.75, 3.05) is 17.5 Å². The molecule has 498 valence electrons. The molecule has 0 bridgehead atoms. The van der Waals surface area contributed by atoms with Crippen LogP contribution in [-0.4, -0.2) is 104 Å². The molecule has 3 aliphatic heterocycles. The number of halogens is 7. The number of carbonyl (C=O) groups is 5. The third kappa shape index (κ3) is 17.8. The van der Waals surface area contributed by atoms with Crippen molar-refractivity contribution in [2.24, 2.45) is 0 Å². The van der Waals surface area contributed by atoms with Gasteiger partial charge in [0, 0.05) is 30.8 Å². The van der Waals surface area contributed by atoms with Gasteiger partial charge in [-0.3, -0.25) is 0 Å². The van der Waals surface area contributed by atoms with E-state index in [1.165, 1.54) is 82.6 Å². The number of carbonyl (C=O) groups excluding carboxylic acids is 5. The molecule has 96 heavy (non-hydrogen) atoms. The van der Waals surface area contributed by atoms with Crippen molar-refractivity contribution >= 4 is 52.9 Å². The minimum Gasteiger partial charge on any atom is -0.444 e. The zero-order valence-electron chi connectivity index (χ0n) is 52.5. The van der Waals surface area contributed by atoms with Crippen LogP contribution in [-0.2, 0) is 22.7 Å². The Kier molecular flexibility index (Phi) is 22.8. The second-order valence-corrected chi connectivity index (χ2v) is 25.7. The van der Waals surface area contributed by atoms with E-state index in [9.17, 15) is 50.3 Å². The molecule has 3 saturated heterocycles. The summed E-state index contributed by atoms with van der Waals surface area (Å²) in [5.41, 5.74) is 7.81. The van der Waals surface area contributed by atoms with Gasteiger partial charge in [0.05, 0.1) is 36.3 Å². The quantitative estimate of drug-likeness (QED) is 0.0415. The van der Waals surface area contributed by atoms with E-state index in [1.54, 1.807) is 53.4 Å². The third-order valence-corrected chi connectivity index (χ3v) is 18.9. The minimum absolute atomic E-state index is 0.00535. The topological polar surface area (TPSA) is 141 Å². The van der Waals surface area contributed by atoms with Gasteiger partial charge in [-0.2, -0.15) is 0 Å². The maximum absolute atomic E-state index is 13.5. The number of urea groups is 3. The van der Waals surface area contributed by atoms with Crippen molar-refractivity contribution in [1.29, 1.82) is 0 Å². The molecule has 0 aromatic heterocycles. The zero-order chi connectivity index (χ0) is 67.2. The van der Waals surface area contributed by atoms with Crippen LogP contribution in [0.4, 0.5) is 50.3 Å². The highest BCUT2D eigenvalue weighted by Crippen LogP contribution is 2.43. The number of nitrogens with one attached hydrogen (secondary N) is 2. The van der Waals surface area contributed by atoms with E-state index in [0.29, 0.717) is 38.0 Å². The molecule has 3 saturated carbocycles. The van der Waals surface area contributed by atoms with Gasteiger partial charge in [-0.15, -0.1) is 0 Å².